The summed E-state index contributed by atoms with van der Waals surface area (Å²) in [5, 5.41) is 0. The van der Waals surface area contributed by atoms with Crippen molar-refractivity contribution in [3.63, 3.8) is 0 Å². The summed E-state index contributed by atoms with van der Waals surface area (Å²) in [7, 11) is 3.13. The van der Waals surface area contributed by atoms with E-state index in [4.69, 9.17) is 18.6 Å². The summed E-state index contributed by atoms with van der Waals surface area (Å²) in [6.07, 6.45) is 1.54. The van der Waals surface area contributed by atoms with E-state index in [1.165, 1.54) is 24.3 Å². The number of benzene rings is 1. The predicted octanol–water partition coefficient (Wildman–Crippen LogP) is 2.50. The molecule has 7 nitrogen and oxygen atoms in total. The van der Waals surface area contributed by atoms with Gasteiger partial charge in [0.2, 0.25) is 0 Å². The normalized spacial score (nSPS) is 10.2. The van der Waals surface area contributed by atoms with Gasteiger partial charge in [-0.2, -0.15) is 0 Å². The monoisotopic (exact) mass is 347 g/mol. The van der Waals surface area contributed by atoms with E-state index in [0.29, 0.717) is 30.4 Å². The highest BCUT2D eigenvalue weighted by atomic mass is 16.5. The van der Waals surface area contributed by atoms with Gasteiger partial charge in [0, 0.05) is 7.05 Å². The minimum absolute atomic E-state index is 0.283. The Kier molecular flexibility index (Phi) is 6.45. The van der Waals surface area contributed by atoms with Crippen LogP contribution in [0, 0.1) is 0 Å². The molecule has 0 aliphatic heterocycles. The molecule has 0 saturated carbocycles. The molecular formula is C18H21NO6. The summed E-state index contributed by atoms with van der Waals surface area (Å²) in [5.41, 5.74) is 0.283. The van der Waals surface area contributed by atoms with Crippen LogP contribution in [0.5, 0.6) is 11.5 Å². The Hall–Kier alpha value is -2.96. The molecule has 0 bridgehead atoms. The van der Waals surface area contributed by atoms with E-state index in [2.05, 4.69) is 0 Å². The van der Waals surface area contributed by atoms with Crippen LogP contribution in [0.25, 0.3) is 0 Å². The highest BCUT2D eigenvalue weighted by Gasteiger charge is 2.16. The molecule has 25 heavy (non-hydrogen) atoms. The van der Waals surface area contributed by atoms with Gasteiger partial charge in [0.25, 0.3) is 5.91 Å². The summed E-state index contributed by atoms with van der Waals surface area (Å²) >= 11 is 0. The molecule has 1 aromatic carbocycles. The average Bonchev–Trinajstić information content (AvgIpc) is 3.12. The molecule has 0 radical (unpaired) electrons. The summed E-state index contributed by atoms with van der Waals surface area (Å²) in [6.45, 7) is 2.22. The van der Waals surface area contributed by atoms with Crippen LogP contribution in [0.4, 0.5) is 0 Å². The summed E-state index contributed by atoms with van der Waals surface area (Å²) < 4.78 is 20.8. The van der Waals surface area contributed by atoms with Crippen molar-refractivity contribution < 1.29 is 28.2 Å². The van der Waals surface area contributed by atoms with Gasteiger partial charge >= 0.3 is 5.97 Å². The van der Waals surface area contributed by atoms with Crippen LogP contribution >= 0.6 is 0 Å². The minimum Gasteiger partial charge on any atom is -0.493 e. The van der Waals surface area contributed by atoms with Gasteiger partial charge in [-0.1, -0.05) is 0 Å². The zero-order valence-electron chi connectivity index (χ0n) is 14.5. The molecule has 0 aliphatic carbocycles. The molecule has 2 aromatic rings. The number of esters is 1. The van der Waals surface area contributed by atoms with Crippen molar-refractivity contribution >= 4 is 11.9 Å². The van der Waals surface area contributed by atoms with Gasteiger partial charge in [-0.3, -0.25) is 4.79 Å². The number of furan rings is 1. The third-order valence-corrected chi connectivity index (χ3v) is 3.42. The first-order chi connectivity index (χ1) is 12.0. The smallest absolute Gasteiger partial charge is 0.338 e. The fourth-order valence-corrected chi connectivity index (χ4v) is 2.12. The van der Waals surface area contributed by atoms with E-state index in [-0.39, 0.29) is 18.1 Å². The zero-order chi connectivity index (χ0) is 18.2. The van der Waals surface area contributed by atoms with Crippen LogP contribution < -0.4 is 9.47 Å². The molecule has 1 amide bonds. The molecule has 1 aromatic heterocycles. The van der Waals surface area contributed by atoms with Crippen molar-refractivity contribution in [1.82, 2.24) is 4.90 Å². The molecule has 1 heterocycles. The van der Waals surface area contributed by atoms with Crippen molar-refractivity contribution in [1.29, 1.82) is 0 Å². The first-order valence-electron chi connectivity index (χ1n) is 7.79. The lowest BCUT2D eigenvalue weighted by Gasteiger charge is -2.16. The molecule has 0 atom stereocenters. The highest BCUT2D eigenvalue weighted by molar-refractivity contribution is 5.92. The van der Waals surface area contributed by atoms with Gasteiger partial charge in [-0.05, 0) is 37.3 Å². The second-order valence-electron chi connectivity index (χ2n) is 5.20. The van der Waals surface area contributed by atoms with E-state index < -0.39 is 5.97 Å². The standard InChI is InChI=1S/C18H21NO6/c1-4-23-16-10-13(7-8-15(16)22-3)18(21)25-12-17(20)19(2)11-14-6-5-9-24-14/h5-10H,4,11-12H2,1-3H3. The van der Waals surface area contributed by atoms with Gasteiger partial charge in [0.05, 0.1) is 32.1 Å². The van der Waals surface area contributed by atoms with Gasteiger partial charge in [0.15, 0.2) is 18.1 Å². The Balaban J connectivity index is 1.93. The third-order valence-electron chi connectivity index (χ3n) is 3.42. The van der Waals surface area contributed by atoms with Crippen LogP contribution in [0.1, 0.15) is 23.0 Å². The Morgan fingerprint density at radius 3 is 2.64 bits per heavy atom. The van der Waals surface area contributed by atoms with Crippen molar-refractivity contribution in [3.05, 3.63) is 47.9 Å². The Labute approximate surface area is 146 Å². The van der Waals surface area contributed by atoms with Crippen LogP contribution in [0.15, 0.2) is 41.0 Å². The molecular weight excluding hydrogens is 326 g/mol. The number of carbonyl (C=O) groups is 2. The average molecular weight is 347 g/mol. The Bertz CT molecular complexity index is 710. The van der Waals surface area contributed by atoms with Crippen LogP contribution in [-0.2, 0) is 16.1 Å². The lowest BCUT2D eigenvalue weighted by Crippen LogP contribution is -2.30. The molecule has 0 spiro atoms. The first kappa shape index (κ1) is 18.4. The Morgan fingerprint density at radius 1 is 1.20 bits per heavy atom. The number of hydrogen-bond donors (Lipinski definition) is 0. The second-order valence-corrected chi connectivity index (χ2v) is 5.20. The van der Waals surface area contributed by atoms with Gasteiger partial charge in [-0.25, -0.2) is 4.79 Å². The number of methoxy groups -OCH3 is 1. The molecule has 0 N–H and O–H groups in total. The largest absolute Gasteiger partial charge is 0.493 e. The van der Waals surface area contributed by atoms with Crippen molar-refractivity contribution in [3.8, 4) is 11.5 Å². The van der Waals surface area contributed by atoms with Gasteiger partial charge in [0.1, 0.15) is 5.76 Å². The first-order valence-corrected chi connectivity index (χ1v) is 7.79. The maximum atomic E-state index is 12.1. The quantitative estimate of drug-likeness (QED) is 0.683. The number of likely N-dealkylation sites (N-methyl/N-ethyl adjacent to an activating group) is 1. The highest BCUT2D eigenvalue weighted by Crippen LogP contribution is 2.28. The number of hydrogen-bond acceptors (Lipinski definition) is 6. The molecule has 7 heteroatoms. The van der Waals surface area contributed by atoms with E-state index in [0.717, 1.165) is 0 Å². The maximum absolute atomic E-state index is 12.1. The van der Waals surface area contributed by atoms with E-state index in [1.807, 2.05) is 6.92 Å². The van der Waals surface area contributed by atoms with E-state index in [1.54, 1.807) is 31.3 Å². The number of carbonyl (C=O) groups excluding carboxylic acids is 2. The molecule has 2 rings (SSSR count). The fraction of sp³-hybridized carbons (Fsp3) is 0.333. The molecule has 0 fully saturated rings. The SMILES string of the molecule is CCOc1cc(C(=O)OCC(=O)N(C)Cc2ccco2)ccc1OC. The number of nitrogens with zero attached hydrogens (tertiary/aromatic N) is 1. The van der Waals surface area contributed by atoms with E-state index >= 15 is 0 Å². The van der Waals surface area contributed by atoms with E-state index in [9.17, 15) is 9.59 Å². The fourth-order valence-electron chi connectivity index (χ4n) is 2.12. The summed E-state index contributed by atoms with van der Waals surface area (Å²) in [5.74, 6) is 0.679. The van der Waals surface area contributed by atoms with Crippen molar-refractivity contribution in [2.45, 2.75) is 13.5 Å². The van der Waals surface area contributed by atoms with Crippen molar-refractivity contribution in [2.24, 2.45) is 0 Å². The lowest BCUT2D eigenvalue weighted by atomic mass is 10.2. The van der Waals surface area contributed by atoms with Crippen LogP contribution in [0.2, 0.25) is 0 Å². The lowest BCUT2D eigenvalue weighted by molar-refractivity contribution is -0.133. The number of amides is 1. The molecule has 0 aliphatic rings. The topological polar surface area (TPSA) is 78.2 Å². The van der Waals surface area contributed by atoms with Gasteiger partial charge in [-0.15, -0.1) is 0 Å². The second kappa shape index (κ2) is 8.77. The predicted molar refractivity (Wildman–Crippen MR) is 89.6 cm³/mol. The number of ether oxygens (including phenoxy) is 3. The minimum atomic E-state index is -0.608. The summed E-state index contributed by atoms with van der Waals surface area (Å²) in [6, 6.07) is 8.21. The molecule has 0 unspecified atom stereocenters. The third kappa shape index (κ3) is 5.00. The Morgan fingerprint density at radius 2 is 2.00 bits per heavy atom. The number of rotatable bonds is 8. The van der Waals surface area contributed by atoms with Gasteiger partial charge < -0.3 is 23.5 Å². The summed E-state index contributed by atoms with van der Waals surface area (Å²) in [4.78, 5) is 25.6. The van der Waals surface area contributed by atoms with Crippen LogP contribution in [-0.4, -0.2) is 44.1 Å². The maximum Gasteiger partial charge on any atom is 0.338 e. The zero-order valence-corrected chi connectivity index (χ0v) is 14.5. The van der Waals surface area contributed by atoms with Crippen LogP contribution in [0.3, 0.4) is 0 Å². The molecule has 0 saturated heterocycles. The molecule has 134 valence electrons. The van der Waals surface area contributed by atoms with Crippen molar-refractivity contribution in [2.75, 3.05) is 27.4 Å².